The number of halogens is 1. The summed E-state index contributed by atoms with van der Waals surface area (Å²) < 4.78 is 13.4. The Morgan fingerprint density at radius 1 is 1.33 bits per heavy atom. The molecule has 3 rings (SSSR count). The summed E-state index contributed by atoms with van der Waals surface area (Å²) in [6, 6.07) is 5.97. The predicted octanol–water partition coefficient (Wildman–Crippen LogP) is 3.20. The molecule has 1 aliphatic rings. The van der Waals surface area contributed by atoms with Crippen molar-refractivity contribution in [2.75, 3.05) is 27.9 Å². The van der Waals surface area contributed by atoms with Crippen molar-refractivity contribution in [3.63, 3.8) is 0 Å². The number of carbonyl (C=O) groups excluding carboxylic acids is 1. The number of nitrogens with two attached hydrogens (primary N) is 1. The molecule has 0 saturated carbocycles. The van der Waals surface area contributed by atoms with E-state index in [-0.39, 0.29) is 17.8 Å². The lowest BCUT2D eigenvalue weighted by atomic mass is 10.1. The molecular formula is C17H20FN5O. The minimum absolute atomic E-state index is 0.0193. The third kappa shape index (κ3) is 2.62. The quantitative estimate of drug-likeness (QED) is 0.848. The van der Waals surface area contributed by atoms with E-state index in [1.165, 1.54) is 12.1 Å². The lowest BCUT2D eigenvalue weighted by molar-refractivity contribution is 0.248. The second-order valence-corrected chi connectivity index (χ2v) is 5.99. The highest BCUT2D eigenvalue weighted by Crippen LogP contribution is 2.34. The molecule has 3 N–H and O–H groups in total. The third-order valence-corrected chi connectivity index (χ3v) is 4.05. The van der Waals surface area contributed by atoms with E-state index in [4.69, 9.17) is 5.73 Å². The van der Waals surface area contributed by atoms with Gasteiger partial charge in [-0.1, -0.05) is 0 Å². The fraction of sp³-hybridized carbons (Fsp3) is 0.294. The third-order valence-electron chi connectivity index (χ3n) is 4.05. The lowest BCUT2D eigenvalue weighted by Crippen LogP contribution is -2.50. The van der Waals surface area contributed by atoms with Crippen molar-refractivity contribution in [1.82, 2.24) is 4.98 Å². The van der Waals surface area contributed by atoms with Crippen LogP contribution in [-0.2, 0) is 6.54 Å². The number of urea groups is 1. The van der Waals surface area contributed by atoms with Crippen molar-refractivity contribution < 1.29 is 9.18 Å². The number of nitrogens with one attached hydrogen (secondary N) is 1. The molecule has 0 spiro atoms. The molecule has 0 fully saturated rings. The highest BCUT2D eigenvalue weighted by molar-refractivity contribution is 6.06. The van der Waals surface area contributed by atoms with Crippen molar-refractivity contribution in [3.05, 3.63) is 41.8 Å². The first-order chi connectivity index (χ1) is 11.4. The van der Waals surface area contributed by atoms with E-state index in [1.807, 2.05) is 19.9 Å². The van der Waals surface area contributed by atoms with Crippen LogP contribution in [0.25, 0.3) is 0 Å². The van der Waals surface area contributed by atoms with Gasteiger partial charge >= 0.3 is 6.03 Å². The van der Waals surface area contributed by atoms with Crippen molar-refractivity contribution in [2.45, 2.75) is 26.4 Å². The Bertz CT molecular complexity index is 793. The number of hydrogen-bond donors (Lipinski definition) is 2. The normalized spacial score (nSPS) is 14.1. The molecule has 0 aliphatic carbocycles. The number of anilines is 4. The number of aromatic nitrogens is 1. The van der Waals surface area contributed by atoms with Gasteiger partial charge in [0.05, 0.1) is 17.9 Å². The highest BCUT2D eigenvalue weighted by atomic mass is 19.1. The van der Waals surface area contributed by atoms with Crippen LogP contribution in [-0.4, -0.2) is 24.1 Å². The second-order valence-electron chi connectivity index (χ2n) is 5.99. The maximum Gasteiger partial charge on any atom is 0.329 e. The van der Waals surface area contributed by atoms with E-state index < -0.39 is 5.82 Å². The molecule has 1 aromatic carbocycles. The SMILES string of the molecule is CNc1cc2c(cn1)CN(c1ccc(F)c(N)c1)C(=O)N2C(C)C. The molecule has 1 aliphatic heterocycles. The van der Waals surface area contributed by atoms with Gasteiger partial charge in [-0.05, 0) is 32.0 Å². The van der Waals surface area contributed by atoms with Crippen LogP contribution >= 0.6 is 0 Å². The molecule has 2 heterocycles. The number of hydrogen-bond acceptors (Lipinski definition) is 4. The van der Waals surface area contributed by atoms with Crippen LogP contribution in [0.5, 0.6) is 0 Å². The smallest absolute Gasteiger partial charge is 0.329 e. The van der Waals surface area contributed by atoms with Crippen molar-refractivity contribution in [2.24, 2.45) is 0 Å². The van der Waals surface area contributed by atoms with E-state index >= 15 is 0 Å². The minimum atomic E-state index is -0.496. The average Bonchev–Trinajstić information content (AvgIpc) is 2.56. The number of amides is 2. The van der Waals surface area contributed by atoms with Crippen LogP contribution in [0.3, 0.4) is 0 Å². The van der Waals surface area contributed by atoms with Crippen molar-refractivity contribution in [3.8, 4) is 0 Å². The van der Waals surface area contributed by atoms with Gasteiger partial charge in [0.1, 0.15) is 11.6 Å². The number of rotatable bonds is 3. The Balaban J connectivity index is 2.08. The summed E-state index contributed by atoms with van der Waals surface area (Å²) in [5.41, 5.74) is 7.99. The topological polar surface area (TPSA) is 74.5 Å². The molecule has 126 valence electrons. The monoisotopic (exact) mass is 329 g/mol. The van der Waals surface area contributed by atoms with E-state index in [0.29, 0.717) is 18.1 Å². The fourth-order valence-corrected chi connectivity index (χ4v) is 2.83. The molecule has 0 saturated heterocycles. The van der Waals surface area contributed by atoms with Gasteiger partial charge < -0.3 is 11.1 Å². The van der Waals surface area contributed by atoms with Crippen LogP contribution in [0.15, 0.2) is 30.5 Å². The number of pyridine rings is 1. The van der Waals surface area contributed by atoms with E-state index in [9.17, 15) is 9.18 Å². The largest absolute Gasteiger partial charge is 0.396 e. The van der Waals surface area contributed by atoms with Crippen molar-refractivity contribution in [1.29, 1.82) is 0 Å². The van der Waals surface area contributed by atoms with Gasteiger partial charge in [-0.25, -0.2) is 14.2 Å². The Labute approximate surface area is 140 Å². The Morgan fingerprint density at radius 2 is 2.08 bits per heavy atom. The summed E-state index contributed by atoms with van der Waals surface area (Å²) in [5.74, 6) is 0.205. The van der Waals surface area contributed by atoms with Gasteiger partial charge in [0.15, 0.2) is 0 Å². The summed E-state index contributed by atoms with van der Waals surface area (Å²) in [6.07, 6.45) is 1.75. The molecule has 7 heteroatoms. The number of benzene rings is 1. The molecule has 6 nitrogen and oxygen atoms in total. The molecular weight excluding hydrogens is 309 g/mol. The maximum absolute atomic E-state index is 13.4. The Kier molecular flexibility index (Phi) is 4.01. The molecule has 0 radical (unpaired) electrons. The molecule has 1 aromatic heterocycles. The van der Waals surface area contributed by atoms with Crippen LogP contribution in [0.4, 0.5) is 32.1 Å². The second kappa shape index (κ2) is 5.99. The zero-order chi connectivity index (χ0) is 17.4. The van der Waals surface area contributed by atoms with E-state index in [1.54, 1.807) is 29.1 Å². The summed E-state index contributed by atoms with van der Waals surface area (Å²) >= 11 is 0. The molecule has 2 aromatic rings. The number of carbonyl (C=O) groups is 1. The first-order valence-electron chi connectivity index (χ1n) is 7.74. The van der Waals surface area contributed by atoms with Gasteiger partial charge in [-0.2, -0.15) is 0 Å². The average molecular weight is 329 g/mol. The summed E-state index contributed by atoms with van der Waals surface area (Å²) in [6.45, 7) is 4.26. The van der Waals surface area contributed by atoms with Crippen LogP contribution in [0.2, 0.25) is 0 Å². The van der Waals surface area contributed by atoms with Crippen molar-refractivity contribution >= 4 is 28.9 Å². The first-order valence-corrected chi connectivity index (χ1v) is 7.74. The highest BCUT2D eigenvalue weighted by Gasteiger charge is 2.33. The van der Waals surface area contributed by atoms with Gasteiger partial charge in [0.2, 0.25) is 0 Å². The Morgan fingerprint density at radius 3 is 2.71 bits per heavy atom. The summed E-state index contributed by atoms with van der Waals surface area (Å²) in [7, 11) is 1.78. The molecule has 0 unspecified atom stereocenters. The zero-order valence-corrected chi connectivity index (χ0v) is 13.9. The first kappa shape index (κ1) is 16.0. The summed E-state index contributed by atoms with van der Waals surface area (Å²) in [5, 5.41) is 2.99. The number of fused-ring (bicyclic) bond motifs is 1. The molecule has 2 amide bonds. The Hall–Kier alpha value is -2.83. The van der Waals surface area contributed by atoms with Gasteiger partial charge in [-0.15, -0.1) is 0 Å². The molecule has 0 atom stereocenters. The van der Waals surface area contributed by atoms with Gasteiger partial charge in [0.25, 0.3) is 0 Å². The molecule has 24 heavy (non-hydrogen) atoms. The lowest BCUT2D eigenvalue weighted by Gasteiger charge is -2.39. The van der Waals surface area contributed by atoms with E-state index in [0.717, 1.165) is 11.3 Å². The fourth-order valence-electron chi connectivity index (χ4n) is 2.83. The zero-order valence-electron chi connectivity index (χ0n) is 13.9. The minimum Gasteiger partial charge on any atom is -0.396 e. The van der Waals surface area contributed by atoms with E-state index in [2.05, 4.69) is 10.3 Å². The summed E-state index contributed by atoms with van der Waals surface area (Å²) in [4.78, 5) is 20.6. The predicted molar refractivity (Wildman–Crippen MR) is 93.8 cm³/mol. The van der Waals surface area contributed by atoms with Crippen LogP contribution in [0.1, 0.15) is 19.4 Å². The molecule has 0 bridgehead atoms. The standard InChI is InChI=1S/C17H20FN5O/c1-10(2)23-15-7-16(20-3)21-8-11(15)9-22(17(23)24)12-4-5-13(18)14(19)6-12/h4-8,10H,9,19H2,1-3H3,(H,20,21). The van der Waals surface area contributed by atoms with Crippen LogP contribution < -0.4 is 20.9 Å². The number of nitrogen functional groups attached to an aromatic ring is 1. The number of nitrogens with zero attached hydrogens (tertiary/aromatic N) is 3. The van der Waals surface area contributed by atoms with Gasteiger partial charge in [0, 0.05) is 36.6 Å². The maximum atomic E-state index is 13.4. The van der Waals surface area contributed by atoms with Crippen LogP contribution in [0, 0.1) is 5.82 Å². The van der Waals surface area contributed by atoms with Gasteiger partial charge in [-0.3, -0.25) is 9.80 Å².